The van der Waals surface area contributed by atoms with Crippen LogP contribution >= 0.6 is 0 Å². The van der Waals surface area contributed by atoms with Crippen molar-refractivity contribution in [1.29, 1.82) is 0 Å². The van der Waals surface area contributed by atoms with E-state index in [0.29, 0.717) is 0 Å². The first kappa shape index (κ1) is 23.3. The average molecular weight is 444 g/mol. The third-order valence-corrected chi connectivity index (χ3v) is 7.06. The molecule has 0 radical (unpaired) electrons. The molecule has 4 rings (SSSR count). The van der Waals surface area contributed by atoms with Crippen molar-refractivity contribution < 1.29 is 4.74 Å². The summed E-state index contributed by atoms with van der Waals surface area (Å²) in [6, 6.07) is 30.1. The molecule has 4 heteroatoms. The third kappa shape index (κ3) is 5.23. The number of hydrogen-bond acceptors (Lipinski definition) is 4. The lowest BCUT2D eigenvalue weighted by Crippen LogP contribution is -2.50. The number of hydrogen-bond donors (Lipinski definition) is 1. The van der Waals surface area contributed by atoms with Gasteiger partial charge in [-0.15, -0.1) is 0 Å². The summed E-state index contributed by atoms with van der Waals surface area (Å²) in [5.41, 5.74) is 3.91. The first-order valence-electron chi connectivity index (χ1n) is 12.1. The van der Waals surface area contributed by atoms with Crippen molar-refractivity contribution in [3.63, 3.8) is 0 Å². The number of benzene rings is 3. The minimum Gasteiger partial charge on any atom is -0.484 e. The van der Waals surface area contributed by atoms with E-state index in [1.807, 2.05) is 7.05 Å². The SMILES string of the molecule is CNCC[C@H](Oc1ccccc1N1CCC(c2ccccc2)(N(C)C)CC1)c1ccccc1. The molecule has 0 aliphatic carbocycles. The molecule has 4 nitrogen and oxygen atoms in total. The van der Waals surface area contributed by atoms with Crippen molar-refractivity contribution in [2.45, 2.75) is 30.9 Å². The number of nitrogens with zero attached hydrogens (tertiary/aromatic N) is 2. The van der Waals surface area contributed by atoms with Crippen LogP contribution in [0.25, 0.3) is 0 Å². The molecule has 0 amide bonds. The molecule has 1 aliphatic rings. The summed E-state index contributed by atoms with van der Waals surface area (Å²) in [7, 11) is 6.42. The predicted molar refractivity (Wildman–Crippen MR) is 138 cm³/mol. The molecule has 0 saturated carbocycles. The van der Waals surface area contributed by atoms with E-state index in [1.54, 1.807) is 0 Å². The topological polar surface area (TPSA) is 27.7 Å². The molecular weight excluding hydrogens is 406 g/mol. The van der Waals surface area contributed by atoms with E-state index in [0.717, 1.165) is 44.6 Å². The number of ether oxygens (including phenoxy) is 1. The van der Waals surface area contributed by atoms with Crippen molar-refractivity contribution in [2.75, 3.05) is 45.7 Å². The Labute approximate surface area is 199 Å². The van der Waals surface area contributed by atoms with Gasteiger partial charge in [-0.05, 0) is 63.8 Å². The average Bonchev–Trinajstić information content (AvgIpc) is 2.88. The van der Waals surface area contributed by atoms with Crippen LogP contribution in [0.4, 0.5) is 5.69 Å². The fourth-order valence-electron chi connectivity index (χ4n) is 5.07. The van der Waals surface area contributed by atoms with Crippen LogP contribution in [-0.2, 0) is 5.54 Å². The molecule has 1 heterocycles. The highest BCUT2D eigenvalue weighted by molar-refractivity contribution is 5.59. The van der Waals surface area contributed by atoms with E-state index in [9.17, 15) is 0 Å². The van der Waals surface area contributed by atoms with E-state index in [-0.39, 0.29) is 11.6 Å². The minimum atomic E-state index is 0.0229. The van der Waals surface area contributed by atoms with Crippen LogP contribution in [0, 0.1) is 0 Å². The molecular formula is C29H37N3O. The second-order valence-corrected chi connectivity index (χ2v) is 9.16. The van der Waals surface area contributed by atoms with Gasteiger partial charge in [0.1, 0.15) is 11.9 Å². The van der Waals surface area contributed by atoms with Crippen LogP contribution in [0.1, 0.15) is 36.5 Å². The highest BCUT2D eigenvalue weighted by atomic mass is 16.5. The monoisotopic (exact) mass is 443 g/mol. The highest BCUT2D eigenvalue weighted by Crippen LogP contribution is 2.41. The molecule has 0 spiro atoms. The van der Waals surface area contributed by atoms with Gasteiger partial charge in [0.15, 0.2) is 0 Å². The summed E-state index contributed by atoms with van der Waals surface area (Å²) >= 11 is 0. The van der Waals surface area contributed by atoms with Gasteiger partial charge in [0.25, 0.3) is 0 Å². The van der Waals surface area contributed by atoms with Gasteiger partial charge >= 0.3 is 0 Å². The van der Waals surface area contributed by atoms with Crippen LogP contribution in [0.5, 0.6) is 5.75 Å². The maximum Gasteiger partial charge on any atom is 0.143 e. The summed E-state index contributed by atoms with van der Waals surface area (Å²) in [6.07, 6.45) is 3.11. The number of rotatable bonds is 9. The lowest BCUT2D eigenvalue weighted by molar-refractivity contribution is 0.115. The van der Waals surface area contributed by atoms with Gasteiger partial charge in [0.05, 0.1) is 5.69 Å². The minimum absolute atomic E-state index is 0.0229. The first-order chi connectivity index (χ1) is 16.1. The largest absolute Gasteiger partial charge is 0.484 e. The number of anilines is 1. The van der Waals surface area contributed by atoms with Gasteiger partial charge in [-0.25, -0.2) is 0 Å². The van der Waals surface area contributed by atoms with Gasteiger partial charge in [-0.1, -0.05) is 72.8 Å². The summed E-state index contributed by atoms with van der Waals surface area (Å²) in [5, 5.41) is 3.27. The quantitative estimate of drug-likeness (QED) is 0.474. The molecule has 0 aromatic heterocycles. The van der Waals surface area contributed by atoms with Crippen molar-refractivity contribution in [3.05, 3.63) is 96.1 Å². The number of nitrogens with one attached hydrogen (secondary N) is 1. The van der Waals surface area contributed by atoms with E-state index >= 15 is 0 Å². The highest BCUT2D eigenvalue weighted by Gasteiger charge is 2.38. The number of piperidine rings is 1. The molecule has 1 N–H and O–H groups in total. The van der Waals surface area contributed by atoms with E-state index in [4.69, 9.17) is 4.74 Å². The molecule has 3 aromatic rings. The zero-order chi connectivity index (χ0) is 23.1. The van der Waals surface area contributed by atoms with E-state index in [2.05, 4.69) is 114 Å². The Balaban J connectivity index is 1.54. The smallest absolute Gasteiger partial charge is 0.143 e. The van der Waals surface area contributed by atoms with E-state index in [1.165, 1.54) is 16.8 Å². The van der Waals surface area contributed by atoms with Crippen LogP contribution in [0.3, 0.4) is 0 Å². The molecule has 1 saturated heterocycles. The molecule has 0 bridgehead atoms. The van der Waals surface area contributed by atoms with Crippen LogP contribution in [0.15, 0.2) is 84.9 Å². The zero-order valence-corrected chi connectivity index (χ0v) is 20.2. The molecule has 174 valence electrons. The van der Waals surface area contributed by atoms with Crippen LogP contribution in [0.2, 0.25) is 0 Å². The zero-order valence-electron chi connectivity index (χ0n) is 20.2. The van der Waals surface area contributed by atoms with Gasteiger partial charge in [-0.2, -0.15) is 0 Å². The Morgan fingerprint density at radius 1 is 0.879 bits per heavy atom. The number of para-hydroxylation sites is 2. The summed E-state index contributed by atoms with van der Waals surface area (Å²) in [5.74, 6) is 0.972. The maximum absolute atomic E-state index is 6.68. The third-order valence-electron chi connectivity index (χ3n) is 7.06. The van der Waals surface area contributed by atoms with Crippen LogP contribution in [-0.4, -0.2) is 45.7 Å². The van der Waals surface area contributed by atoms with E-state index < -0.39 is 0 Å². The fourth-order valence-corrected chi connectivity index (χ4v) is 5.07. The molecule has 33 heavy (non-hydrogen) atoms. The van der Waals surface area contributed by atoms with Crippen molar-refractivity contribution >= 4 is 5.69 Å². The molecule has 3 aromatic carbocycles. The first-order valence-corrected chi connectivity index (χ1v) is 12.1. The lowest BCUT2D eigenvalue weighted by Gasteiger charge is -2.47. The van der Waals surface area contributed by atoms with Crippen LogP contribution < -0.4 is 15.0 Å². The van der Waals surface area contributed by atoms with Gasteiger partial charge in [0.2, 0.25) is 0 Å². The van der Waals surface area contributed by atoms with Crippen molar-refractivity contribution in [1.82, 2.24) is 10.2 Å². The maximum atomic E-state index is 6.68. The van der Waals surface area contributed by atoms with Gasteiger partial charge in [0, 0.05) is 25.0 Å². The Kier molecular flexibility index (Phi) is 7.69. The Hall–Kier alpha value is -2.82. The summed E-state index contributed by atoms with van der Waals surface area (Å²) in [4.78, 5) is 4.91. The van der Waals surface area contributed by atoms with Gasteiger partial charge in [-0.3, -0.25) is 4.90 Å². The van der Waals surface area contributed by atoms with Gasteiger partial charge < -0.3 is 15.0 Å². The van der Waals surface area contributed by atoms with Crippen molar-refractivity contribution in [3.8, 4) is 5.75 Å². The Bertz CT molecular complexity index is 982. The Morgan fingerprint density at radius 3 is 2.12 bits per heavy atom. The second-order valence-electron chi connectivity index (χ2n) is 9.16. The second kappa shape index (κ2) is 10.9. The standard InChI is InChI=1S/C29H37N3O/c1-30-21-18-27(24-12-6-4-7-13-24)33-28-17-11-10-16-26(28)32-22-19-29(20-23-32,31(2)3)25-14-8-5-9-15-25/h4-17,27,30H,18-23H2,1-3H3/t27-/m0/s1. The normalized spacial score (nSPS) is 16.5. The Morgan fingerprint density at radius 2 is 1.48 bits per heavy atom. The summed E-state index contributed by atoms with van der Waals surface area (Å²) in [6.45, 7) is 2.91. The molecule has 1 atom stereocenters. The fraction of sp³-hybridized carbons (Fsp3) is 0.379. The summed E-state index contributed by atoms with van der Waals surface area (Å²) < 4.78 is 6.68. The molecule has 0 unspecified atom stereocenters. The lowest BCUT2D eigenvalue weighted by atomic mass is 9.79. The van der Waals surface area contributed by atoms with Crippen molar-refractivity contribution in [2.24, 2.45) is 0 Å². The predicted octanol–water partition coefficient (Wildman–Crippen LogP) is 5.47. The molecule has 1 fully saturated rings. The molecule has 1 aliphatic heterocycles.